The molecule has 1 saturated carbocycles. The molecule has 2 fully saturated rings. The minimum absolute atomic E-state index is 0.0126. The first-order valence-electron chi connectivity index (χ1n) is 10.4. The van der Waals surface area contributed by atoms with Gasteiger partial charge in [0.05, 0.1) is 13.2 Å². The summed E-state index contributed by atoms with van der Waals surface area (Å²) in [6.07, 6.45) is 5.20. The van der Waals surface area contributed by atoms with Crippen LogP contribution in [0.15, 0.2) is 24.3 Å². The molecule has 7 heteroatoms. The van der Waals surface area contributed by atoms with Gasteiger partial charge in [0.25, 0.3) is 5.91 Å². The van der Waals surface area contributed by atoms with E-state index in [4.69, 9.17) is 4.74 Å². The van der Waals surface area contributed by atoms with Gasteiger partial charge in [-0.05, 0) is 49.9 Å². The number of nitrogens with one attached hydrogen (secondary N) is 1. The van der Waals surface area contributed by atoms with E-state index >= 15 is 0 Å². The lowest BCUT2D eigenvalue weighted by Gasteiger charge is -2.28. The average molecular weight is 381 g/mol. The predicted molar refractivity (Wildman–Crippen MR) is 106 cm³/mol. The van der Waals surface area contributed by atoms with Crippen LogP contribution in [0.2, 0.25) is 0 Å². The highest BCUT2D eigenvalue weighted by Gasteiger charge is 2.31. The standard InChI is InChI=1S/C21H27N5O2/c27-21(16-3-6-18(7-4-16)25-11-13-28-14-12-25)22-17-5-8-19-23-24-20(15-1-2-15)26(19)10-9-17/h3-4,6-7,15,17H,1-2,5,8-14H2,(H,22,27). The van der Waals surface area contributed by atoms with E-state index in [9.17, 15) is 4.79 Å². The van der Waals surface area contributed by atoms with Crippen LogP contribution in [-0.2, 0) is 17.7 Å². The second-order valence-electron chi connectivity index (χ2n) is 8.04. The van der Waals surface area contributed by atoms with E-state index in [0.29, 0.717) is 5.92 Å². The molecule has 0 spiro atoms. The topological polar surface area (TPSA) is 72.3 Å². The van der Waals surface area contributed by atoms with Gasteiger partial charge in [0.2, 0.25) is 0 Å². The van der Waals surface area contributed by atoms with Gasteiger partial charge in [-0.1, -0.05) is 0 Å². The summed E-state index contributed by atoms with van der Waals surface area (Å²) < 4.78 is 7.70. The van der Waals surface area contributed by atoms with Crippen molar-refractivity contribution in [1.29, 1.82) is 0 Å². The van der Waals surface area contributed by atoms with Crippen LogP contribution in [0.3, 0.4) is 0 Å². The molecule has 1 N–H and O–H groups in total. The number of hydrogen-bond acceptors (Lipinski definition) is 5. The van der Waals surface area contributed by atoms with E-state index in [1.54, 1.807) is 0 Å². The van der Waals surface area contributed by atoms with E-state index in [1.807, 2.05) is 24.3 Å². The van der Waals surface area contributed by atoms with Crippen molar-refractivity contribution in [1.82, 2.24) is 20.1 Å². The van der Waals surface area contributed by atoms with Crippen molar-refractivity contribution in [3.63, 3.8) is 0 Å². The van der Waals surface area contributed by atoms with Crippen molar-refractivity contribution in [2.24, 2.45) is 0 Å². The summed E-state index contributed by atoms with van der Waals surface area (Å²) in [5.74, 6) is 2.85. The molecule has 7 nitrogen and oxygen atoms in total. The number of carbonyl (C=O) groups excluding carboxylic acids is 1. The number of carbonyl (C=O) groups is 1. The maximum atomic E-state index is 12.7. The zero-order valence-corrected chi connectivity index (χ0v) is 16.1. The van der Waals surface area contributed by atoms with Crippen LogP contribution in [0.1, 0.15) is 53.6 Å². The molecule has 0 radical (unpaired) electrons. The van der Waals surface area contributed by atoms with Gasteiger partial charge in [-0.2, -0.15) is 0 Å². The highest BCUT2D eigenvalue weighted by molar-refractivity contribution is 5.94. The Morgan fingerprint density at radius 1 is 1.00 bits per heavy atom. The quantitative estimate of drug-likeness (QED) is 0.878. The van der Waals surface area contributed by atoms with Gasteiger partial charge in [0, 0.05) is 49.3 Å². The number of ether oxygens (including phenoxy) is 1. The molecular weight excluding hydrogens is 354 g/mol. The zero-order valence-electron chi connectivity index (χ0n) is 16.1. The number of morpholine rings is 1. The van der Waals surface area contributed by atoms with Crippen LogP contribution in [0, 0.1) is 0 Å². The summed E-state index contributed by atoms with van der Waals surface area (Å²) >= 11 is 0. The third-order valence-corrected chi connectivity index (χ3v) is 6.06. The Balaban J connectivity index is 1.20. The summed E-state index contributed by atoms with van der Waals surface area (Å²) in [5.41, 5.74) is 1.87. The lowest BCUT2D eigenvalue weighted by atomic mass is 10.1. The van der Waals surface area contributed by atoms with Gasteiger partial charge < -0.3 is 19.5 Å². The molecule has 3 heterocycles. The maximum absolute atomic E-state index is 12.7. The van der Waals surface area contributed by atoms with Crippen molar-refractivity contribution in [2.45, 2.75) is 50.6 Å². The molecule has 1 aromatic carbocycles. The summed E-state index contributed by atoms with van der Waals surface area (Å²) in [7, 11) is 0. The predicted octanol–water partition coefficient (Wildman–Crippen LogP) is 2.13. The smallest absolute Gasteiger partial charge is 0.251 e. The fraction of sp³-hybridized carbons (Fsp3) is 0.571. The van der Waals surface area contributed by atoms with E-state index in [2.05, 4.69) is 25.0 Å². The van der Waals surface area contributed by atoms with Crippen LogP contribution in [0.4, 0.5) is 5.69 Å². The molecule has 1 saturated heterocycles. The molecule has 1 amide bonds. The van der Waals surface area contributed by atoms with E-state index in [0.717, 1.165) is 75.0 Å². The van der Waals surface area contributed by atoms with E-state index in [1.165, 1.54) is 12.8 Å². The van der Waals surface area contributed by atoms with Gasteiger partial charge in [-0.15, -0.1) is 10.2 Å². The Bertz CT molecular complexity index is 837. The van der Waals surface area contributed by atoms with Crippen molar-refractivity contribution in [2.75, 3.05) is 31.2 Å². The maximum Gasteiger partial charge on any atom is 0.251 e. The Kier molecular flexibility index (Phi) is 4.76. The minimum Gasteiger partial charge on any atom is -0.378 e. The fourth-order valence-corrected chi connectivity index (χ4v) is 4.21. The van der Waals surface area contributed by atoms with Crippen molar-refractivity contribution in [3.05, 3.63) is 41.5 Å². The number of aryl methyl sites for hydroxylation is 1. The summed E-state index contributed by atoms with van der Waals surface area (Å²) in [6, 6.07) is 8.11. The lowest BCUT2D eigenvalue weighted by Crippen LogP contribution is -2.36. The molecule has 1 atom stereocenters. The molecule has 3 aliphatic rings. The van der Waals surface area contributed by atoms with E-state index < -0.39 is 0 Å². The highest BCUT2D eigenvalue weighted by atomic mass is 16.5. The van der Waals surface area contributed by atoms with Crippen molar-refractivity contribution < 1.29 is 9.53 Å². The Morgan fingerprint density at radius 3 is 2.54 bits per heavy atom. The summed E-state index contributed by atoms with van der Waals surface area (Å²) in [6.45, 7) is 4.23. The first-order chi connectivity index (χ1) is 13.8. The molecule has 2 aliphatic heterocycles. The monoisotopic (exact) mass is 381 g/mol. The third kappa shape index (κ3) is 3.63. The number of rotatable bonds is 4. The van der Waals surface area contributed by atoms with Crippen LogP contribution in [-0.4, -0.2) is 53.0 Å². The van der Waals surface area contributed by atoms with Gasteiger partial charge in [0.1, 0.15) is 11.6 Å². The van der Waals surface area contributed by atoms with Crippen LogP contribution >= 0.6 is 0 Å². The van der Waals surface area contributed by atoms with E-state index in [-0.39, 0.29) is 11.9 Å². The van der Waals surface area contributed by atoms with Crippen LogP contribution in [0.25, 0.3) is 0 Å². The Hall–Kier alpha value is -2.41. The van der Waals surface area contributed by atoms with Gasteiger partial charge in [0.15, 0.2) is 0 Å². The molecule has 28 heavy (non-hydrogen) atoms. The van der Waals surface area contributed by atoms with Gasteiger partial charge >= 0.3 is 0 Å². The SMILES string of the molecule is O=C(NC1CCc2nnc(C3CC3)n2CC1)c1ccc(N2CCOCC2)cc1. The number of hydrogen-bond donors (Lipinski definition) is 1. The number of amides is 1. The molecular formula is C21H27N5O2. The van der Waals surface area contributed by atoms with Crippen molar-refractivity contribution >= 4 is 11.6 Å². The zero-order chi connectivity index (χ0) is 18.9. The second kappa shape index (κ2) is 7.54. The minimum atomic E-state index is 0.0126. The number of anilines is 1. The van der Waals surface area contributed by atoms with Gasteiger partial charge in [-0.3, -0.25) is 4.79 Å². The molecule has 148 valence electrons. The third-order valence-electron chi connectivity index (χ3n) is 6.06. The average Bonchev–Trinajstić information content (AvgIpc) is 3.54. The first kappa shape index (κ1) is 17.7. The molecule has 1 unspecified atom stereocenters. The summed E-state index contributed by atoms with van der Waals surface area (Å²) in [4.78, 5) is 15.0. The Labute approximate surface area is 165 Å². The molecule has 2 aromatic rings. The molecule has 1 aromatic heterocycles. The molecule has 0 bridgehead atoms. The normalized spacial score (nSPS) is 22.4. The molecule has 1 aliphatic carbocycles. The number of fused-ring (bicyclic) bond motifs is 1. The lowest BCUT2D eigenvalue weighted by molar-refractivity contribution is 0.0933. The van der Waals surface area contributed by atoms with Crippen LogP contribution in [0.5, 0.6) is 0 Å². The molecule has 5 rings (SSSR count). The first-order valence-corrected chi connectivity index (χ1v) is 10.4. The largest absolute Gasteiger partial charge is 0.378 e. The Morgan fingerprint density at radius 2 is 1.79 bits per heavy atom. The fourth-order valence-electron chi connectivity index (χ4n) is 4.21. The van der Waals surface area contributed by atoms with Gasteiger partial charge in [-0.25, -0.2) is 0 Å². The number of benzene rings is 1. The second-order valence-corrected chi connectivity index (χ2v) is 8.04. The van der Waals surface area contributed by atoms with Crippen LogP contribution < -0.4 is 10.2 Å². The summed E-state index contributed by atoms with van der Waals surface area (Å²) in [5, 5.41) is 12.0. The van der Waals surface area contributed by atoms with Crippen molar-refractivity contribution in [3.8, 4) is 0 Å². The number of aromatic nitrogens is 3. The highest BCUT2D eigenvalue weighted by Crippen LogP contribution is 2.39. The number of nitrogens with zero attached hydrogens (tertiary/aromatic N) is 4.